The zero-order valence-electron chi connectivity index (χ0n) is 19.4. The third-order valence-corrected chi connectivity index (χ3v) is 7.75. The largest absolute Gasteiger partial charge is 0.462 e. The number of halogens is 1. The number of hydrogen-bond acceptors (Lipinski definition) is 7. The molecule has 0 bridgehead atoms. The highest BCUT2D eigenvalue weighted by atomic mass is 35.5. The van der Waals surface area contributed by atoms with E-state index in [0.717, 1.165) is 22.1 Å². The number of benzene rings is 2. The molecule has 36 heavy (non-hydrogen) atoms. The number of hydrogen-bond donors (Lipinski definition) is 1. The molecular formula is C26H21ClN4O3S2. The van der Waals surface area contributed by atoms with Crippen molar-refractivity contribution in [2.75, 3.05) is 17.7 Å². The van der Waals surface area contributed by atoms with E-state index in [9.17, 15) is 9.59 Å². The molecular weight excluding hydrogens is 516 g/mol. The van der Waals surface area contributed by atoms with Crippen molar-refractivity contribution in [2.24, 2.45) is 0 Å². The first-order chi connectivity index (χ1) is 17.5. The number of pyridine rings is 1. The van der Waals surface area contributed by atoms with Gasteiger partial charge in [-0.05, 0) is 37.6 Å². The lowest BCUT2D eigenvalue weighted by Crippen LogP contribution is -2.16. The predicted molar refractivity (Wildman–Crippen MR) is 145 cm³/mol. The first-order valence-electron chi connectivity index (χ1n) is 11.2. The number of nitrogens with zero attached hydrogens (tertiary/aromatic N) is 3. The number of rotatable bonds is 7. The van der Waals surface area contributed by atoms with E-state index in [-0.39, 0.29) is 18.3 Å². The monoisotopic (exact) mass is 536 g/mol. The molecule has 1 N–H and O–H groups in total. The van der Waals surface area contributed by atoms with Crippen LogP contribution in [-0.2, 0) is 9.53 Å². The molecule has 2 aromatic carbocycles. The summed E-state index contributed by atoms with van der Waals surface area (Å²) in [5, 5.41) is 15.9. The van der Waals surface area contributed by atoms with E-state index in [1.54, 1.807) is 18.4 Å². The topological polar surface area (TPSA) is 85.6 Å². The minimum atomic E-state index is -0.512. The lowest BCUT2D eigenvalue weighted by atomic mass is 10.0. The van der Waals surface area contributed by atoms with Gasteiger partial charge in [0.1, 0.15) is 10.6 Å². The number of aryl methyl sites for hydroxylation is 1. The van der Waals surface area contributed by atoms with Gasteiger partial charge in [0.25, 0.3) is 0 Å². The molecule has 5 aromatic rings. The average Bonchev–Trinajstić information content (AvgIpc) is 3.47. The Bertz CT molecular complexity index is 1610. The van der Waals surface area contributed by atoms with Gasteiger partial charge < -0.3 is 10.1 Å². The van der Waals surface area contributed by atoms with Crippen LogP contribution >= 0.6 is 34.7 Å². The lowest BCUT2D eigenvalue weighted by Gasteiger charge is -2.10. The van der Waals surface area contributed by atoms with Crippen molar-refractivity contribution >= 4 is 68.1 Å². The van der Waals surface area contributed by atoms with E-state index in [4.69, 9.17) is 16.3 Å². The lowest BCUT2D eigenvalue weighted by molar-refractivity contribution is -0.113. The zero-order chi connectivity index (χ0) is 25.2. The van der Waals surface area contributed by atoms with Gasteiger partial charge >= 0.3 is 5.97 Å². The van der Waals surface area contributed by atoms with Crippen LogP contribution in [0.2, 0.25) is 5.02 Å². The van der Waals surface area contributed by atoms with Crippen molar-refractivity contribution < 1.29 is 14.3 Å². The predicted octanol–water partition coefficient (Wildman–Crippen LogP) is 6.48. The van der Waals surface area contributed by atoms with Gasteiger partial charge in [0, 0.05) is 26.9 Å². The van der Waals surface area contributed by atoms with E-state index < -0.39 is 5.97 Å². The molecule has 0 unspecified atom stereocenters. The number of thioether (sulfide) groups is 1. The maximum Gasteiger partial charge on any atom is 0.341 e. The number of anilines is 1. The van der Waals surface area contributed by atoms with Gasteiger partial charge in [0.15, 0.2) is 10.8 Å². The Balaban J connectivity index is 1.40. The summed E-state index contributed by atoms with van der Waals surface area (Å²) in [5.74, 6) is -0.696. The molecule has 0 radical (unpaired) electrons. The van der Waals surface area contributed by atoms with Crippen LogP contribution in [0.15, 0.2) is 65.1 Å². The van der Waals surface area contributed by atoms with Crippen molar-refractivity contribution in [1.82, 2.24) is 14.6 Å². The molecule has 1 amide bonds. The summed E-state index contributed by atoms with van der Waals surface area (Å²) in [4.78, 5) is 25.8. The number of amides is 1. The van der Waals surface area contributed by atoms with E-state index in [1.807, 2.05) is 53.8 Å². The number of fused-ring (bicyclic) bond motifs is 3. The SMILES string of the molecule is CCOC(=O)c1c(-c2ccccc2Cl)csc1NC(=O)CSc1nnc2cc(C)c3ccccc3n12. The summed E-state index contributed by atoms with van der Waals surface area (Å²) in [5.41, 5.74) is 4.43. The smallest absolute Gasteiger partial charge is 0.341 e. The number of carbonyl (C=O) groups excluding carboxylic acids is 2. The van der Waals surface area contributed by atoms with Gasteiger partial charge in [-0.2, -0.15) is 0 Å². The maximum atomic E-state index is 12.9. The van der Waals surface area contributed by atoms with Gasteiger partial charge in [0.2, 0.25) is 5.91 Å². The Morgan fingerprint density at radius 3 is 2.69 bits per heavy atom. The second-order valence-electron chi connectivity index (χ2n) is 7.91. The molecule has 0 saturated heterocycles. The van der Waals surface area contributed by atoms with Gasteiger partial charge in [-0.3, -0.25) is 9.20 Å². The van der Waals surface area contributed by atoms with Crippen LogP contribution in [-0.4, -0.2) is 38.8 Å². The van der Waals surface area contributed by atoms with Gasteiger partial charge in [-0.25, -0.2) is 4.79 Å². The number of carbonyl (C=O) groups is 2. The van der Waals surface area contributed by atoms with E-state index in [0.29, 0.717) is 31.9 Å². The molecule has 0 fully saturated rings. The number of esters is 1. The number of para-hydroxylation sites is 1. The number of aromatic nitrogens is 3. The highest BCUT2D eigenvalue weighted by molar-refractivity contribution is 7.99. The average molecular weight is 537 g/mol. The van der Waals surface area contributed by atoms with Gasteiger partial charge in [-0.15, -0.1) is 21.5 Å². The van der Waals surface area contributed by atoms with Crippen LogP contribution in [0.25, 0.3) is 27.7 Å². The highest BCUT2D eigenvalue weighted by Crippen LogP contribution is 2.39. The Morgan fingerprint density at radius 2 is 1.89 bits per heavy atom. The van der Waals surface area contributed by atoms with Crippen LogP contribution in [0.5, 0.6) is 0 Å². The van der Waals surface area contributed by atoms with Crippen LogP contribution in [0, 0.1) is 6.92 Å². The van der Waals surface area contributed by atoms with Crippen molar-refractivity contribution in [3.05, 3.63) is 76.1 Å². The Morgan fingerprint density at radius 1 is 1.11 bits per heavy atom. The Hall–Kier alpha value is -3.40. The molecule has 7 nitrogen and oxygen atoms in total. The minimum Gasteiger partial charge on any atom is -0.462 e. The summed E-state index contributed by atoms with van der Waals surface area (Å²) >= 11 is 8.92. The Kier molecular flexibility index (Phi) is 6.95. The van der Waals surface area contributed by atoms with Crippen LogP contribution in [0.1, 0.15) is 22.8 Å². The summed E-state index contributed by atoms with van der Waals surface area (Å²) in [6, 6.07) is 17.2. The fourth-order valence-corrected chi connectivity index (χ4v) is 5.95. The van der Waals surface area contributed by atoms with Gasteiger partial charge in [0.05, 0.1) is 17.9 Å². The second-order valence-corrected chi connectivity index (χ2v) is 10.1. The molecule has 0 atom stereocenters. The van der Waals surface area contributed by atoms with Crippen molar-refractivity contribution in [2.45, 2.75) is 19.0 Å². The van der Waals surface area contributed by atoms with Crippen LogP contribution in [0.3, 0.4) is 0 Å². The first kappa shape index (κ1) is 24.3. The zero-order valence-corrected chi connectivity index (χ0v) is 21.8. The summed E-state index contributed by atoms with van der Waals surface area (Å²) in [6.45, 7) is 3.99. The molecule has 3 aromatic heterocycles. The molecule has 182 valence electrons. The molecule has 0 aliphatic heterocycles. The van der Waals surface area contributed by atoms with E-state index in [1.165, 1.54) is 23.1 Å². The third-order valence-electron chi connectivity index (χ3n) is 5.59. The number of nitrogens with one attached hydrogen (secondary N) is 1. The molecule has 0 spiro atoms. The second kappa shape index (κ2) is 10.3. The number of ether oxygens (including phenoxy) is 1. The molecule has 0 aliphatic carbocycles. The fraction of sp³-hybridized carbons (Fsp3) is 0.154. The standard InChI is InChI=1S/C26H21ClN4O3S2/c1-3-34-25(33)23-18(17-9-4-6-10-19(17)27)13-35-24(23)28-22(32)14-36-26-30-29-21-12-15(2)16-8-5-7-11-20(16)31(21)26/h4-13H,3,14H2,1-2H3,(H,28,32). The molecule has 3 heterocycles. The number of thiophene rings is 1. The fourth-order valence-electron chi connectivity index (χ4n) is 3.99. The van der Waals surface area contributed by atoms with Crippen molar-refractivity contribution in [3.8, 4) is 11.1 Å². The third kappa shape index (κ3) is 4.57. The van der Waals surface area contributed by atoms with Gasteiger partial charge in [-0.1, -0.05) is 59.8 Å². The highest BCUT2D eigenvalue weighted by Gasteiger charge is 2.24. The molecule has 10 heteroatoms. The quantitative estimate of drug-likeness (QED) is 0.189. The first-order valence-corrected chi connectivity index (χ1v) is 13.4. The molecule has 0 saturated carbocycles. The van der Waals surface area contributed by atoms with E-state index >= 15 is 0 Å². The van der Waals surface area contributed by atoms with Crippen LogP contribution in [0.4, 0.5) is 5.00 Å². The van der Waals surface area contributed by atoms with Crippen molar-refractivity contribution in [1.29, 1.82) is 0 Å². The summed E-state index contributed by atoms with van der Waals surface area (Å²) < 4.78 is 7.22. The minimum absolute atomic E-state index is 0.0879. The van der Waals surface area contributed by atoms with Crippen LogP contribution < -0.4 is 5.32 Å². The van der Waals surface area contributed by atoms with E-state index in [2.05, 4.69) is 21.6 Å². The Labute approximate surface area is 220 Å². The normalized spacial score (nSPS) is 11.2. The maximum absolute atomic E-state index is 12.9. The summed E-state index contributed by atoms with van der Waals surface area (Å²) in [6.07, 6.45) is 0. The molecule has 5 rings (SSSR count). The van der Waals surface area contributed by atoms with Crippen molar-refractivity contribution in [3.63, 3.8) is 0 Å². The molecule has 0 aliphatic rings. The summed E-state index contributed by atoms with van der Waals surface area (Å²) in [7, 11) is 0.